The summed E-state index contributed by atoms with van der Waals surface area (Å²) in [5.74, 6) is -0.930. The van der Waals surface area contributed by atoms with Gasteiger partial charge in [-0.3, -0.25) is 4.79 Å². The van der Waals surface area contributed by atoms with Crippen molar-refractivity contribution < 1.29 is 23.4 Å². The molecule has 1 unspecified atom stereocenters. The Balaban J connectivity index is 1.61. The lowest BCUT2D eigenvalue weighted by molar-refractivity contribution is 0.0912. The Kier molecular flexibility index (Phi) is 7.68. The van der Waals surface area contributed by atoms with E-state index < -0.39 is 17.8 Å². The number of carbonyl (C=O) groups is 1. The molecule has 4 rings (SSSR count). The number of nitrogens with one attached hydrogen (secondary N) is 2. The predicted molar refractivity (Wildman–Crippen MR) is 133 cm³/mol. The Morgan fingerprint density at radius 1 is 1.11 bits per heavy atom. The van der Waals surface area contributed by atoms with Gasteiger partial charge in [-0.1, -0.05) is 30.7 Å². The van der Waals surface area contributed by atoms with Crippen LogP contribution in [0.4, 0.5) is 8.78 Å². The summed E-state index contributed by atoms with van der Waals surface area (Å²) in [6.45, 7) is 2.07. The quantitative estimate of drug-likeness (QED) is 0.269. The number of benzene rings is 3. The summed E-state index contributed by atoms with van der Waals surface area (Å²) < 4.78 is 33.1. The maximum Gasteiger partial charge on any atom is 0.255 e. The third-order valence-corrected chi connectivity index (χ3v) is 5.98. The molecule has 0 fully saturated rings. The number of fused-ring (bicyclic) bond motifs is 1. The molecule has 1 aromatic heterocycles. The van der Waals surface area contributed by atoms with Crippen LogP contribution in [0, 0.1) is 11.6 Å². The molecule has 1 atom stereocenters. The zero-order valence-corrected chi connectivity index (χ0v) is 19.8. The fourth-order valence-electron chi connectivity index (χ4n) is 3.91. The monoisotopic (exact) mass is 498 g/mol. The van der Waals surface area contributed by atoms with Crippen LogP contribution < -0.4 is 10.1 Å². The van der Waals surface area contributed by atoms with Gasteiger partial charge in [0.05, 0.1) is 29.8 Å². The number of aromatic nitrogens is 1. The molecule has 0 spiro atoms. The van der Waals surface area contributed by atoms with E-state index in [0.29, 0.717) is 35.3 Å². The van der Waals surface area contributed by atoms with Crippen LogP contribution in [0.15, 0.2) is 60.8 Å². The summed E-state index contributed by atoms with van der Waals surface area (Å²) in [7, 11) is 0. The largest absolute Gasteiger partial charge is 0.493 e. The fraction of sp³-hybridized carbons (Fsp3) is 0.222. The average molecular weight is 499 g/mol. The minimum absolute atomic E-state index is 0.0182. The Morgan fingerprint density at radius 2 is 1.89 bits per heavy atom. The standard InChI is InChI=1S/C27H25ClF2N2O3/c1-2-9-35-26-8-4-16(17-3-6-24(30)23(28)12-17)11-22(26)27(34)32-20(15-33)10-18-14-31-25-7-5-19(29)13-21(18)25/h3-8,11-14,20,31,33H,2,9-10,15H2,1H3,(H,32,34). The maximum atomic E-state index is 13.7. The molecular formula is C27H25ClF2N2O3. The fourth-order valence-corrected chi connectivity index (χ4v) is 4.09. The van der Waals surface area contributed by atoms with E-state index in [-0.39, 0.29) is 23.0 Å². The van der Waals surface area contributed by atoms with Gasteiger partial charge >= 0.3 is 0 Å². The molecule has 4 aromatic rings. The number of aliphatic hydroxyl groups is 1. The highest BCUT2D eigenvalue weighted by molar-refractivity contribution is 6.31. The van der Waals surface area contributed by atoms with Crippen LogP contribution in [-0.4, -0.2) is 35.3 Å². The summed E-state index contributed by atoms with van der Waals surface area (Å²) >= 11 is 5.94. The number of hydrogen-bond donors (Lipinski definition) is 3. The molecule has 3 aromatic carbocycles. The number of aliphatic hydroxyl groups excluding tert-OH is 1. The molecule has 1 heterocycles. The number of H-pyrrole nitrogens is 1. The van der Waals surface area contributed by atoms with E-state index in [0.717, 1.165) is 17.5 Å². The lowest BCUT2D eigenvalue weighted by atomic mass is 10.0. The molecule has 8 heteroatoms. The second kappa shape index (κ2) is 10.9. The highest BCUT2D eigenvalue weighted by Gasteiger charge is 2.20. The molecule has 1 amide bonds. The smallest absolute Gasteiger partial charge is 0.255 e. The van der Waals surface area contributed by atoms with Crippen molar-refractivity contribution in [3.63, 3.8) is 0 Å². The van der Waals surface area contributed by atoms with Crippen molar-refractivity contribution in [2.45, 2.75) is 25.8 Å². The Bertz CT molecular complexity index is 1360. The van der Waals surface area contributed by atoms with Crippen LogP contribution in [0.5, 0.6) is 5.75 Å². The van der Waals surface area contributed by atoms with E-state index in [1.807, 2.05) is 6.92 Å². The molecule has 0 aliphatic heterocycles. The molecule has 3 N–H and O–H groups in total. The number of rotatable bonds is 9. The number of ether oxygens (including phenoxy) is 1. The van der Waals surface area contributed by atoms with E-state index in [1.165, 1.54) is 24.3 Å². The van der Waals surface area contributed by atoms with E-state index in [4.69, 9.17) is 16.3 Å². The van der Waals surface area contributed by atoms with Crippen molar-refractivity contribution in [3.05, 3.63) is 88.6 Å². The zero-order valence-electron chi connectivity index (χ0n) is 19.1. The van der Waals surface area contributed by atoms with E-state index in [9.17, 15) is 18.7 Å². The lowest BCUT2D eigenvalue weighted by Gasteiger charge is -2.18. The van der Waals surface area contributed by atoms with Gasteiger partial charge < -0.3 is 20.1 Å². The molecule has 5 nitrogen and oxygen atoms in total. The maximum absolute atomic E-state index is 13.7. The molecular weight excluding hydrogens is 474 g/mol. The molecule has 0 aliphatic rings. The van der Waals surface area contributed by atoms with Gasteiger partial charge in [-0.15, -0.1) is 0 Å². The van der Waals surface area contributed by atoms with Crippen molar-refractivity contribution in [2.24, 2.45) is 0 Å². The van der Waals surface area contributed by atoms with Gasteiger partial charge in [0.1, 0.15) is 17.4 Å². The van der Waals surface area contributed by atoms with Gasteiger partial charge in [0.15, 0.2) is 0 Å². The molecule has 0 saturated heterocycles. The summed E-state index contributed by atoms with van der Waals surface area (Å²) in [6, 6.07) is 13.3. The van der Waals surface area contributed by atoms with Crippen molar-refractivity contribution >= 4 is 28.4 Å². The predicted octanol–water partition coefficient (Wildman–Crippen LogP) is 5.89. The van der Waals surface area contributed by atoms with E-state index in [2.05, 4.69) is 10.3 Å². The van der Waals surface area contributed by atoms with Crippen LogP contribution >= 0.6 is 11.6 Å². The third-order valence-electron chi connectivity index (χ3n) is 5.69. The Hall–Kier alpha value is -3.42. The first-order valence-corrected chi connectivity index (χ1v) is 11.7. The highest BCUT2D eigenvalue weighted by atomic mass is 35.5. The average Bonchev–Trinajstić information content (AvgIpc) is 3.25. The van der Waals surface area contributed by atoms with Gasteiger partial charge in [0, 0.05) is 17.1 Å². The van der Waals surface area contributed by atoms with Crippen LogP contribution in [0.1, 0.15) is 29.3 Å². The normalized spacial score (nSPS) is 12.0. The molecule has 0 radical (unpaired) electrons. The Labute approximate surface area is 206 Å². The van der Waals surface area contributed by atoms with Crippen LogP contribution in [0.3, 0.4) is 0 Å². The zero-order chi connectivity index (χ0) is 24.9. The second-order valence-electron chi connectivity index (χ2n) is 8.25. The van der Waals surface area contributed by atoms with Crippen LogP contribution in [0.25, 0.3) is 22.0 Å². The number of halogens is 3. The SMILES string of the molecule is CCCOc1ccc(-c2ccc(F)c(Cl)c2)cc1C(=O)NC(CO)Cc1c[nH]c2ccc(F)cc12. The first kappa shape index (κ1) is 24.7. The summed E-state index contributed by atoms with van der Waals surface area (Å²) in [6.07, 6.45) is 2.80. The third kappa shape index (κ3) is 5.63. The minimum atomic E-state index is -0.618. The van der Waals surface area contributed by atoms with Crippen molar-refractivity contribution in [1.82, 2.24) is 10.3 Å². The van der Waals surface area contributed by atoms with Gasteiger partial charge in [-0.25, -0.2) is 8.78 Å². The second-order valence-corrected chi connectivity index (χ2v) is 8.66. The van der Waals surface area contributed by atoms with Crippen LogP contribution in [0.2, 0.25) is 5.02 Å². The van der Waals surface area contributed by atoms with Crippen molar-refractivity contribution in [2.75, 3.05) is 13.2 Å². The molecule has 0 aliphatic carbocycles. The Morgan fingerprint density at radius 3 is 2.63 bits per heavy atom. The summed E-state index contributed by atoms with van der Waals surface area (Å²) in [5.41, 5.74) is 3.13. The summed E-state index contributed by atoms with van der Waals surface area (Å²) in [5, 5.41) is 13.5. The van der Waals surface area contributed by atoms with Crippen LogP contribution in [-0.2, 0) is 6.42 Å². The first-order chi connectivity index (χ1) is 16.9. The van der Waals surface area contributed by atoms with Gasteiger partial charge in [-0.05, 0) is 72.0 Å². The van der Waals surface area contributed by atoms with Gasteiger partial charge in [-0.2, -0.15) is 0 Å². The van der Waals surface area contributed by atoms with Crippen molar-refractivity contribution in [1.29, 1.82) is 0 Å². The first-order valence-electron chi connectivity index (χ1n) is 11.3. The van der Waals surface area contributed by atoms with Gasteiger partial charge in [0.2, 0.25) is 0 Å². The molecule has 35 heavy (non-hydrogen) atoms. The number of hydrogen-bond acceptors (Lipinski definition) is 3. The highest BCUT2D eigenvalue weighted by Crippen LogP contribution is 2.30. The number of amides is 1. The minimum Gasteiger partial charge on any atom is -0.493 e. The number of carbonyl (C=O) groups excluding carboxylic acids is 1. The molecule has 0 saturated carbocycles. The lowest BCUT2D eigenvalue weighted by Crippen LogP contribution is -2.39. The molecule has 0 bridgehead atoms. The van der Waals surface area contributed by atoms with Gasteiger partial charge in [0.25, 0.3) is 5.91 Å². The van der Waals surface area contributed by atoms with E-state index >= 15 is 0 Å². The van der Waals surface area contributed by atoms with Crippen molar-refractivity contribution in [3.8, 4) is 16.9 Å². The topological polar surface area (TPSA) is 74.3 Å². The van der Waals surface area contributed by atoms with E-state index in [1.54, 1.807) is 36.5 Å². The summed E-state index contributed by atoms with van der Waals surface area (Å²) in [4.78, 5) is 16.4. The molecule has 182 valence electrons. The number of aromatic amines is 1.